The van der Waals surface area contributed by atoms with E-state index in [1.165, 1.54) is 0 Å². The fourth-order valence-corrected chi connectivity index (χ4v) is 2.39. The number of nitrogens with one attached hydrogen (secondary N) is 2. The van der Waals surface area contributed by atoms with E-state index in [0.717, 1.165) is 5.56 Å². The van der Waals surface area contributed by atoms with E-state index in [1.54, 1.807) is 54.6 Å². The van der Waals surface area contributed by atoms with Crippen molar-refractivity contribution in [3.63, 3.8) is 0 Å². The highest BCUT2D eigenvalue weighted by Gasteiger charge is 2.24. The third-order valence-corrected chi connectivity index (χ3v) is 3.92. The Morgan fingerprint density at radius 2 is 1.57 bits per heavy atom. The van der Waals surface area contributed by atoms with Gasteiger partial charge in [0.2, 0.25) is 0 Å². The number of benzene rings is 2. The molecular formula is C21H22N2O7. The number of carboxylic acid groups (broad SMARTS) is 1. The lowest BCUT2D eigenvalue weighted by molar-refractivity contribution is -0.140. The van der Waals surface area contributed by atoms with E-state index in [0.29, 0.717) is 5.56 Å². The smallest absolute Gasteiger partial charge is 0.408 e. The van der Waals surface area contributed by atoms with E-state index < -0.39 is 36.9 Å². The van der Waals surface area contributed by atoms with Gasteiger partial charge in [-0.3, -0.25) is 19.2 Å². The molecule has 3 N–H and O–H groups in total. The molecule has 1 atom stereocenters. The van der Waals surface area contributed by atoms with E-state index in [4.69, 9.17) is 14.7 Å². The summed E-state index contributed by atoms with van der Waals surface area (Å²) in [5, 5.41) is 11.2. The molecule has 0 aromatic heterocycles. The predicted octanol–water partition coefficient (Wildman–Crippen LogP) is 1.73. The van der Waals surface area contributed by atoms with Gasteiger partial charge in [0.05, 0.1) is 13.0 Å². The Labute approximate surface area is 172 Å². The second-order valence-electron chi connectivity index (χ2n) is 6.22. The summed E-state index contributed by atoms with van der Waals surface area (Å²) in [7, 11) is 0. The number of ether oxygens (including phenoxy) is 1. The molecule has 9 heteroatoms. The number of hydrogen-bond acceptors (Lipinski definition) is 7. The van der Waals surface area contributed by atoms with Crippen LogP contribution in [0.3, 0.4) is 0 Å². The summed E-state index contributed by atoms with van der Waals surface area (Å²) in [5.41, 5.74) is 3.58. The molecule has 0 aliphatic heterocycles. The van der Waals surface area contributed by atoms with Crippen LogP contribution >= 0.6 is 0 Å². The van der Waals surface area contributed by atoms with Gasteiger partial charge in [0, 0.05) is 5.56 Å². The fourth-order valence-electron chi connectivity index (χ4n) is 2.39. The minimum absolute atomic E-state index is 0.0275. The van der Waals surface area contributed by atoms with Crippen LogP contribution in [0.2, 0.25) is 0 Å². The number of ketones is 2. The standard InChI is InChI=1S/C21H22N2O7/c24-18(16-9-5-2-6-10-16)12-22-30-14-19(25)17(11-20(26)27)23-21(28)29-13-15-7-3-1-4-8-15/h1-10,17,22H,11-14H2,(H,23,28)(H,26,27). The molecular weight excluding hydrogens is 392 g/mol. The maximum atomic E-state index is 12.2. The molecule has 0 heterocycles. The Kier molecular flexibility index (Phi) is 9.17. The summed E-state index contributed by atoms with van der Waals surface area (Å²) >= 11 is 0. The molecule has 2 aromatic rings. The lowest BCUT2D eigenvalue weighted by atomic mass is 10.1. The van der Waals surface area contributed by atoms with Crippen molar-refractivity contribution in [1.82, 2.24) is 10.8 Å². The number of alkyl carbamates (subject to hydrolysis) is 1. The van der Waals surface area contributed by atoms with Crippen molar-refractivity contribution in [1.29, 1.82) is 0 Å². The monoisotopic (exact) mass is 414 g/mol. The van der Waals surface area contributed by atoms with Crippen molar-refractivity contribution >= 4 is 23.6 Å². The molecule has 30 heavy (non-hydrogen) atoms. The van der Waals surface area contributed by atoms with Gasteiger partial charge < -0.3 is 15.2 Å². The first-order chi connectivity index (χ1) is 14.5. The molecule has 2 rings (SSSR count). The van der Waals surface area contributed by atoms with Crippen molar-refractivity contribution < 1.29 is 33.9 Å². The Balaban J connectivity index is 1.77. The van der Waals surface area contributed by atoms with E-state index in [2.05, 4.69) is 10.8 Å². The third-order valence-electron chi connectivity index (χ3n) is 3.92. The Hall–Kier alpha value is -3.56. The summed E-state index contributed by atoms with van der Waals surface area (Å²) in [6.07, 6.45) is -1.56. The Morgan fingerprint density at radius 3 is 2.20 bits per heavy atom. The van der Waals surface area contributed by atoms with Gasteiger partial charge in [-0.05, 0) is 5.56 Å². The van der Waals surface area contributed by atoms with Crippen LogP contribution in [0, 0.1) is 0 Å². The lowest BCUT2D eigenvalue weighted by Gasteiger charge is -2.16. The minimum Gasteiger partial charge on any atom is -0.481 e. The van der Waals surface area contributed by atoms with Gasteiger partial charge in [-0.2, -0.15) is 5.48 Å². The molecule has 2 aromatic carbocycles. The first-order valence-corrected chi connectivity index (χ1v) is 9.10. The summed E-state index contributed by atoms with van der Waals surface area (Å²) in [6.45, 7) is -0.743. The van der Waals surface area contributed by atoms with E-state index in [1.807, 2.05) is 6.07 Å². The number of amides is 1. The SMILES string of the molecule is O=C(O)CC(NC(=O)OCc1ccccc1)C(=O)CONCC(=O)c1ccccc1. The van der Waals surface area contributed by atoms with Crippen LogP contribution < -0.4 is 10.8 Å². The van der Waals surface area contributed by atoms with E-state index >= 15 is 0 Å². The highest BCUT2D eigenvalue weighted by molar-refractivity contribution is 5.97. The maximum absolute atomic E-state index is 12.2. The van der Waals surface area contributed by atoms with Crippen LogP contribution in [0.25, 0.3) is 0 Å². The first-order valence-electron chi connectivity index (χ1n) is 9.10. The van der Waals surface area contributed by atoms with Crippen LogP contribution in [0.4, 0.5) is 4.79 Å². The van der Waals surface area contributed by atoms with Crippen molar-refractivity contribution in [3.05, 3.63) is 71.8 Å². The number of aliphatic carboxylic acids is 1. The topological polar surface area (TPSA) is 131 Å². The molecule has 0 aliphatic rings. The highest BCUT2D eigenvalue weighted by atomic mass is 16.6. The highest BCUT2D eigenvalue weighted by Crippen LogP contribution is 2.03. The Morgan fingerprint density at radius 1 is 0.933 bits per heavy atom. The number of carboxylic acids is 1. The second kappa shape index (κ2) is 12.1. The van der Waals surface area contributed by atoms with Crippen LogP contribution in [0.15, 0.2) is 60.7 Å². The summed E-state index contributed by atoms with van der Waals surface area (Å²) < 4.78 is 5.00. The number of rotatable bonds is 12. The zero-order chi connectivity index (χ0) is 21.8. The average Bonchev–Trinajstić information content (AvgIpc) is 2.75. The van der Waals surface area contributed by atoms with Gasteiger partial charge in [0.25, 0.3) is 0 Å². The van der Waals surface area contributed by atoms with Crippen molar-refractivity contribution in [2.75, 3.05) is 13.2 Å². The Bertz CT molecular complexity index is 856. The third kappa shape index (κ3) is 8.21. The average molecular weight is 414 g/mol. The quantitative estimate of drug-likeness (QED) is 0.272. The molecule has 0 saturated carbocycles. The molecule has 158 valence electrons. The van der Waals surface area contributed by atoms with E-state index in [-0.39, 0.29) is 18.9 Å². The van der Waals surface area contributed by atoms with Crippen LogP contribution in [-0.2, 0) is 25.8 Å². The van der Waals surface area contributed by atoms with Crippen LogP contribution in [0.1, 0.15) is 22.3 Å². The molecule has 0 radical (unpaired) electrons. The normalized spacial score (nSPS) is 11.3. The molecule has 0 aliphatic carbocycles. The van der Waals surface area contributed by atoms with Crippen LogP contribution in [0.5, 0.6) is 0 Å². The molecule has 0 spiro atoms. The maximum Gasteiger partial charge on any atom is 0.408 e. The van der Waals surface area contributed by atoms with E-state index in [9.17, 15) is 19.2 Å². The largest absolute Gasteiger partial charge is 0.481 e. The summed E-state index contributed by atoms with van der Waals surface area (Å²) in [6, 6.07) is 16.0. The van der Waals surface area contributed by atoms with Gasteiger partial charge in [-0.25, -0.2) is 4.79 Å². The molecule has 0 bridgehead atoms. The first kappa shape index (κ1) is 22.7. The molecule has 0 fully saturated rings. The summed E-state index contributed by atoms with van der Waals surface area (Å²) in [4.78, 5) is 52.0. The lowest BCUT2D eigenvalue weighted by Crippen LogP contribution is -2.44. The second-order valence-corrected chi connectivity index (χ2v) is 6.22. The van der Waals surface area contributed by atoms with Crippen LogP contribution in [-0.4, -0.2) is 47.9 Å². The minimum atomic E-state index is -1.34. The molecule has 9 nitrogen and oxygen atoms in total. The zero-order valence-electron chi connectivity index (χ0n) is 16.1. The summed E-state index contributed by atoms with van der Waals surface area (Å²) in [5.74, 6) is -2.20. The molecule has 1 amide bonds. The number of Topliss-reactive ketones (excluding diaryl/α,β-unsaturated/α-hetero) is 2. The van der Waals surface area contributed by atoms with Crippen molar-refractivity contribution in [2.24, 2.45) is 0 Å². The fraction of sp³-hybridized carbons (Fsp3) is 0.238. The zero-order valence-corrected chi connectivity index (χ0v) is 16.1. The molecule has 1 unspecified atom stereocenters. The number of hydrogen-bond donors (Lipinski definition) is 3. The van der Waals surface area contributed by atoms with Crippen molar-refractivity contribution in [3.8, 4) is 0 Å². The number of hydroxylamine groups is 1. The number of carbonyl (C=O) groups excluding carboxylic acids is 3. The molecule has 0 saturated heterocycles. The van der Waals surface area contributed by atoms with Crippen molar-refractivity contribution in [2.45, 2.75) is 19.1 Å². The van der Waals surface area contributed by atoms with Gasteiger partial charge in [0.1, 0.15) is 19.3 Å². The van der Waals surface area contributed by atoms with Gasteiger partial charge >= 0.3 is 12.1 Å². The van der Waals surface area contributed by atoms with Gasteiger partial charge in [-0.15, -0.1) is 0 Å². The predicted molar refractivity (Wildman–Crippen MR) is 106 cm³/mol. The van der Waals surface area contributed by atoms with Gasteiger partial charge in [0.15, 0.2) is 11.6 Å². The van der Waals surface area contributed by atoms with Gasteiger partial charge in [-0.1, -0.05) is 60.7 Å². The number of carbonyl (C=O) groups is 4.